The lowest BCUT2D eigenvalue weighted by atomic mass is 9.87. The first-order valence-electron chi connectivity index (χ1n) is 11.3. The van der Waals surface area contributed by atoms with E-state index in [-0.39, 0.29) is 5.41 Å². The first kappa shape index (κ1) is 23.0. The summed E-state index contributed by atoms with van der Waals surface area (Å²) in [5, 5.41) is 13.8. The molecule has 5 rings (SSSR count). The van der Waals surface area contributed by atoms with Crippen LogP contribution in [0.4, 0.5) is 5.95 Å². The minimum atomic E-state index is 0.125. The number of fused-ring (bicyclic) bond motifs is 3. The highest BCUT2D eigenvalue weighted by Crippen LogP contribution is 2.25. The Kier molecular flexibility index (Phi) is 6.21. The van der Waals surface area contributed by atoms with Crippen LogP contribution >= 0.6 is 15.9 Å². The first-order chi connectivity index (χ1) is 16.9. The number of H-pyrrole nitrogens is 1. The van der Waals surface area contributed by atoms with Gasteiger partial charge in [0.15, 0.2) is 5.65 Å². The molecule has 0 aliphatic rings. The van der Waals surface area contributed by atoms with Crippen molar-refractivity contribution in [2.24, 2.45) is 5.10 Å². The third-order valence-electron chi connectivity index (χ3n) is 5.68. The van der Waals surface area contributed by atoms with Gasteiger partial charge in [0.2, 0.25) is 0 Å². The maximum atomic E-state index is 6.11. The van der Waals surface area contributed by atoms with E-state index >= 15 is 0 Å². The molecule has 3 aromatic carbocycles. The van der Waals surface area contributed by atoms with Crippen molar-refractivity contribution in [2.75, 3.05) is 5.43 Å². The summed E-state index contributed by atoms with van der Waals surface area (Å²) in [4.78, 5) is 7.74. The van der Waals surface area contributed by atoms with Crippen LogP contribution in [0.2, 0.25) is 0 Å². The van der Waals surface area contributed by atoms with Crippen molar-refractivity contribution in [2.45, 2.75) is 32.8 Å². The highest BCUT2D eigenvalue weighted by Gasteiger charge is 2.13. The van der Waals surface area contributed by atoms with E-state index in [1.165, 1.54) is 5.56 Å². The standard InChI is InChI=1S/C27H25BrN6O/c1-27(2,3)19-10-8-17(9-11-19)16-35-23-13-12-20(28)14-18(23)15-29-33-26-31-25-24(32-34-26)21-6-4-5-7-22(21)30-25/h4-15H,16H2,1-3H3,(H2,30,31,33,34)/b29-15+. The largest absolute Gasteiger partial charge is 0.488 e. The number of nitrogens with zero attached hydrogens (tertiary/aromatic N) is 4. The van der Waals surface area contributed by atoms with Gasteiger partial charge in [-0.05, 0) is 40.8 Å². The second kappa shape index (κ2) is 9.46. The van der Waals surface area contributed by atoms with Crippen molar-refractivity contribution in [3.8, 4) is 5.75 Å². The second-order valence-corrected chi connectivity index (χ2v) is 10.2. The van der Waals surface area contributed by atoms with Crippen LogP contribution in [0.25, 0.3) is 22.1 Å². The van der Waals surface area contributed by atoms with Gasteiger partial charge in [0.1, 0.15) is 17.9 Å². The number of halogens is 1. The maximum Gasteiger partial charge on any atom is 0.265 e. The smallest absolute Gasteiger partial charge is 0.265 e. The van der Waals surface area contributed by atoms with E-state index < -0.39 is 0 Å². The Hall–Kier alpha value is -3.78. The number of hydrogen-bond acceptors (Lipinski definition) is 6. The molecule has 7 nitrogen and oxygen atoms in total. The maximum absolute atomic E-state index is 6.11. The van der Waals surface area contributed by atoms with Crippen LogP contribution in [0.15, 0.2) is 76.3 Å². The molecule has 0 aliphatic carbocycles. The number of benzene rings is 3. The number of ether oxygens (including phenoxy) is 1. The predicted octanol–water partition coefficient (Wildman–Crippen LogP) is 6.59. The van der Waals surface area contributed by atoms with Gasteiger partial charge >= 0.3 is 0 Å². The number of hydrazone groups is 1. The van der Waals surface area contributed by atoms with Crippen molar-refractivity contribution in [1.82, 2.24) is 20.2 Å². The van der Waals surface area contributed by atoms with E-state index in [1.54, 1.807) is 6.21 Å². The first-order valence-corrected chi connectivity index (χ1v) is 12.1. The number of nitrogens with one attached hydrogen (secondary N) is 2. The number of rotatable bonds is 6. The van der Waals surface area contributed by atoms with Crippen molar-refractivity contribution >= 4 is 50.2 Å². The molecule has 35 heavy (non-hydrogen) atoms. The lowest BCUT2D eigenvalue weighted by Gasteiger charge is -2.19. The minimum Gasteiger partial charge on any atom is -0.488 e. The molecule has 0 unspecified atom stereocenters. The average Bonchev–Trinajstić information content (AvgIpc) is 3.21. The van der Waals surface area contributed by atoms with Crippen LogP contribution in [0, 0.1) is 0 Å². The van der Waals surface area contributed by atoms with Crippen molar-refractivity contribution in [3.05, 3.63) is 87.9 Å². The Morgan fingerprint density at radius 3 is 2.63 bits per heavy atom. The molecular formula is C27H25BrN6O. The molecule has 0 spiro atoms. The van der Waals surface area contributed by atoms with Crippen molar-refractivity contribution in [1.29, 1.82) is 0 Å². The van der Waals surface area contributed by atoms with Crippen LogP contribution in [-0.2, 0) is 12.0 Å². The topological polar surface area (TPSA) is 88.1 Å². The molecule has 0 saturated carbocycles. The Morgan fingerprint density at radius 1 is 1.03 bits per heavy atom. The van der Waals surface area contributed by atoms with Gasteiger partial charge in [-0.15, -0.1) is 10.2 Å². The lowest BCUT2D eigenvalue weighted by molar-refractivity contribution is 0.305. The summed E-state index contributed by atoms with van der Waals surface area (Å²) in [7, 11) is 0. The van der Waals surface area contributed by atoms with Crippen LogP contribution < -0.4 is 10.2 Å². The number of anilines is 1. The van der Waals surface area contributed by atoms with Gasteiger partial charge in [0, 0.05) is 20.9 Å². The predicted molar refractivity (Wildman–Crippen MR) is 144 cm³/mol. The van der Waals surface area contributed by atoms with Crippen LogP contribution in [0.3, 0.4) is 0 Å². The molecule has 0 atom stereocenters. The molecule has 0 saturated heterocycles. The zero-order valence-electron chi connectivity index (χ0n) is 19.7. The van der Waals surface area contributed by atoms with E-state index in [0.717, 1.165) is 37.8 Å². The van der Waals surface area contributed by atoms with Gasteiger partial charge < -0.3 is 9.72 Å². The fraction of sp³-hybridized carbons (Fsp3) is 0.185. The highest BCUT2D eigenvalue weighted by molar-refractivity contribution is 9.10. The Balaban J connectivity index is 1.30. The van der Waals surface area contributed by atoms with Crippen LogP contribution in [0.1, 0.15) is 37.5 Å². The second-order valence-electron chi connectivity index (χ2n) is 9.29. The Morgan fingerprint density at radius 2 is 1.83 bits per heavy atom. The number of hydrogen-bond donors (Lipinski definition) is 2. The molecule has 2 N–H and O–H groups in total. The summed E-state index contributed by atoms with van der Waals surface area (Å²) in [6.07, 6.45) is 1.68. The average molecular weight is 529 g/mol. The fourth-order valence-corrected chi connectivity index (χ4v) is 4.12. The summed E-state index contributed by atoms with van der Waals surface area (Å²) in [6.45, 7) is 7.09. The lowest BCUT2D eigenvalue weighted by Crippen LogP contribution is -2.10. The summed E-state index contributed by atoms with van der Waals surface area (Å²) in [5.41, 5.74) is 8.56. The molecule has 5 aromatic rings. The zero-order valence-corrected chi connectivity index (χ0v) is 21.3. The van der Waals surface area contributed by atoms with Gasteiger partial charge in [0.25, 0.3) is 5.95 Å². The fourth-order valence-electron chi connectivity index (χ4n) is 3.74. The van der Waals surface area contributed by atoms with E-state index in [2.05, 4.69) is 91.7 Å². The van der Waals surface area contributed by atoms with Gasteiger partial charge in [-0.1, -0.05) is 79.2 Å². The third kappa shape index (κ3) is 5.17. The van der Waals surface area contributed by atoms with Gasteiger partial charge in [-0.3, -0.25) is 0 Å². The normalized spacial score (nSPS) is 12.0. The summed E-state index contributed by atoms with van der Waals surface area (Å²) < 4.78 is 7.04. The highest BCUT2D eigenvalue weighted by atomic mass is 79.9. The quantitative estimate of drug-likeness (QED) is 0.191. The SMILES string of the molecule is CC(C)(C)c1ccc(COc2ccc(Br)cc2/C=N/Nc2nnc3c(n2)[nH]c2ccccc23)cc1. The molecule has 176 valence electrons. The summed E-state index contributed by atoms with van der Waals surface area (Å²) in [6, 6.07) is 22.3. The Labute approximate surface area is 211 Å². The zero-order chi connectivity index (χ0) is 24.4. The van der Waals surface area contributed by atoms with Gasteiger partial charge in [-0.2, -0.15) is 10.1 Å². The van der Waals surface area contributed by atoms with Gasteiger partial charge in [-0.25, -0.2) is 5.43 Å². The summed E-state index contributed by atoms with van der Waals surface area (Å²) >= 11 is 3.52. The van der Waals surface area contributed by atoms with Crippen molar-refractivity contribution in [3.63, 3.8) is 0 Å². The Bertz CT molecular complexity index is 1520. The number of aromatic nitrogens is 4. The molecule has 0 bridgehead atoms. The molecule has 0 aliphatic heterocycles. The van der Waals surface area contributed by atoms with E-state index in [1.807, 2.05) is 42.5 Å². The van der Waals surface area contributed by atoms with Crippen LogP contribution in [-0.4, -0.2) is 26.4 Å². The van der Waals surface area contributed by atoms with E-state index in [4.69, 9.17) is 4.74 Å². The molecule has 8 heteroatoms. The number of para-hydroxylation sites is 1. The molecule has 0 fully saturated rings. The van der Waals surface area contributed by atoms with Crippen molar-refractivity contribution < 1.29 is 4.74 Å². The van der Waals surface area contributed by atoms with E-state index in [0.29, 0.717) is 18.2 Å². The van der Waals surface area contributed by atoms with Crippen LogP contribution in [0.5, 0.6) is 5.75 Å². The van der Waals surface area contributed by atoms with Gasteiger partial charge in [0.05, 0.1) is 6.21 Å². The molecule has 2 aromatic heterocycles. The molecule has 2 heterocycles. The number of aromatic amines is 1. The summed E-state index contributed by atoms with van der Waals surface area (Å²) in [5.74, 6) is 1.03. The third-order valence-corrected chi connectivity index (χ3v) is 6.17. The minimum absolute atomic E-state index is 0.125. The molecule has 0 amide bonds. The molecule has 0 radical (unpaired) electrons. The monoisotopic (exact) mass is 528 g/mol. The molecular weight excluding hydrogens is 504 g/mol. The van der Waals surface area contributed by atoms with E-state index in [9.17, 15) is 0 Å².